The maximum atomic E-state index is 11.8. The van der Waals surface area contributed by atoms with E-state index in [-0.39, 0.29) is 5.91 Å². The number of rotatable bonds is 5. The summed E-state index contributed by atoms with van der Waals surface area (Å²) < 4.78 is 3.31. The van der Waals surface area contributed by atoms with Crippen molar-refractivity contribution in [3.8, 4) is 11.3 Å². The molecule has 3 rings (SSSR count). The fraction of sp³-hybridized carbons (Fsp3) is 0.231. The fourth-order valence-corrected chi connectivity index (χ4v) is 2.53. The molecule has 1 N–H and O–H groups in total. The minimum absolute atomic E-state index is 0.228. The Bertz CT molecular complexity index is 730. The first kappa shape index (κ1) is 13.5. The quantitative estimate of drug-likeness (QED) is 0.767. The highest BCUT2D eigenvalue weighted by molar-refractivity contribution is 7.08. The minimum atomic E-state index is -0.228. The van der Waals surface area contributed by atoms with Gasteiger partial charge in [0.05, 0.1) is 18.4 Å². The minimum Gasteiger partial charge on any atom is -0.349 e. The Morgan fingerprint density at radius 3 is 3.05 bits per heavy atom. The summed E-state index contributed by atoms with van der Waals surface area (Å²) in [6, 6.07) is 4.00. The van der Waals surface area contributed by atoms with Crippen molar-refractivity contribution in [3.63, 3.8) is 0 Å². The van der Waals surface area contributed by atoms with E-state index in [0.29, 0.717) is 18.8 Å². The maximum absolute atomic E-state index is 11.8. The van der Waals surface area contributed by atoms with Gasteiger partial charge in [-0.15, -0.1) is 5.10 Å². The van der Waals surface area contributed by atoms with Gasteiger partial charge in [0.1, 0.15) is 0 Å². The Morgan fingerprint density at radius 1 is 1.43 bits per heavy atom. The first-order valence-corrected chi connectivity index (χ1v) is 7.37. The number of aryl methyl sites for hydroxylation is 1. The molecule has 1 amide bonds. The van der Waals surface area contributed by atoms with Crippen LogP contribution in [0.4, 0.5) is 0 Å². The normalized spacial score (nSPS) is 10.7. The molecule has 3 heterocycles. The van der Waals surface area contributed by atoms with Crippen LogP contribution >= 0.6 is 11.3 Å². The lowest BCUT2D eigenvalue weighted by Gasteiger charge is -2.03. The van der Waals surface area contributed by atoms with Crippen LogP contribution in [0.2, 0.25) is 0 Å². The summed E-state index contributed by atoms with van der Waals surface area (Å²) in [6.07, 6.45) is 3.49. The zero-order chi connectivity index (χ0) is 14.7. The molecule has 21 heavy (non-hydrogen) atoms. The van der Waals surface area contributed by atoms with Crippen LogP contribution in [0.15, 0.2) is 35.3 Å². The van der Waals surface area contributed by atoms with Crippen molar-refractivity contribution in [1.82, 2.24) is 30.1 Å². The number of carbonyl (C=O) groups excluding carboxylic acids is 1. The number of amides is 1. The second-order valence-electron chi connectivity index (χ2n) is 4.51. The molecule has 3 aromatic heterocycles. The number of hydrogen-bond acceptors (Lipinski definition) is 5. The second-order valence-corrected chi connectivity index (χ2v) is 5.29. The fourth-order valence-electron chi connectivity index (χ4n) is 1.88. The molecule has 0 aliphatic rings. The predicted molar refractivity (Wildman–Crippen MR) is 78.9 cm³/mol. The smallest absolute Gasteiger partial charge is 0.273 e. The van der Waals surface area contributed by atoms with Crippen LogP contribution < -0.4 is 5.32 Å². The number of nitrogens with zero attached hydrogens (tertiary/aromatic N) is 5. The first-order chi connectivity index (χ1) is 10.2. The monoisotopic (exact) mass is 302 g/mol. The molecule has 0 fully saturated rings. The molecule has 0 atom stereocenters. The first-order valence-electron chi connectivity index (χ1n) is 6.43. The number of hydrogen-bond donors (Lipinski definition) is 1. The van der Waals surface area contributed by atoms with Gasteiger partial charge in [-0.2, -0.15) is 16.4 Å². The predicted octanol–water partition coefficient (Wildman–Crippen LogP) is 1.17. The zero-order valence-electron chi connectivity index (χ0n) is 11.4. The maximum Gasteiger partial charge on any atom is 0.273 e. The summed E-state index contributed by atoms with van der Waals surface area (Å²) in [6.45, 7) is 1.09. The summed E-state index contributed by atoms with van der Waals surface area (Å²) in [5.74, 6) is -0.228. The highest BCUT2D eigenvalue weighted by Crippen LogP contribution is 2.19. The summed E-state index contributed by atoms with van der Waals surface area (Å²) in [5, 5.41) is 18.8. The van der Waals surface area contributed by atoms with Crippen molar-refractivity contribution in [2.45, 2.75) is 6.54 Å². The largest absolute Gasteiger partial charge is 0.349 e. The Balaban J connectivity index is 1.53. The number of thiophene rings is 1. The van der Waals surface area contributed by atoms with Crippen LogP contribution in [0.5, 0.6) is 0 Å². The van der Waals surface area contributed by atoms with Crippen molar-refractivity contribution in [2.24, 2.45) is 7.05 Å². The van der Waals surface area contributed by atoms with E-state index in [0.717, 1.165) is 11.3 Å². The van der Waals surface area contributed by atoms with Gasteiger partial charge in [-0.25, -0.2) is 0 Å². The van der Waals surface area contributed by atoms with Gasteiger partial charge in [-0.1, -0.05) is 5.21 Å². The number of nitrogens with one attached hydrogen (secondary N) is 1. The van der Waals surface area contributed by atoms with Gasteiger partial charge < -0.3 is 5.32 Å². The molecule has 8 heteroatoms. The van der Waals surface area contributed by atoms with Crippen molar-refractivity contribution in [2.75, 3.05) is 6.54 Å². The molecule has 108 valence electrons. The van der Waals surface area contributed by atoms with Gasteiger partial charge in [0.2, 0.25) is 0 Å². The van der Waals surface area contributed by atoms with E-state index >= 15 is 0 Å². The number of aromatic nitrogens is 5. The van der Waals surface area contributed by atoms with Crippen molar-refractivity contribution in [1.29, 1.82) is 0 Å². The highest BCUT2D eigenvalue weighted by atomic mass is 32.1. The Kier molecular flexibility index (Phi) is 3.78. The average Bonchev–Trinajstić information content (AvgIpc) is 3.19. The number of carbonyl (C=O) groups is 1. The summed E-state index contributed by atoms with van der Waals surface area (Å²) in [4.78, 5) is 11.8. The lowest BCUT2D eigenvalue weighted by atomic mass is 10.2. The average molecular weight is 302 g/mol. The van der Waals surface area contributed by atoms with Crippen molar-refractivity contribution < 1.29 is 4.79 Å². The van der Waals surface area contributed by atoms with Gasteiger partial charge in [-0.05, 0) is 17.5 Å². The van der Waals surface area contributed by atoms with Crippen LogP contribution in [-0.2, 0) is 13.6 Å². The Morgan fingerprint density at radius 2 is 2.33 bits per heavy atom. The molecule has 7 nitrogen and oxygen atoms in total. The van der Waals surface area contributed by atoms with Crippen LogP contribution in [0.1, 0.15) is 10.5 Å². The third-order valence-electron chi connectivity index (χ3n) is 2.92. The van der Waals surface area contributed by atoms with Crippen LogP contribution in [0.25, 0.3) is 11.3 Å². The molecule has 0 spiro atoms. The molecule has 0 aliphatic carbocycles. The van der Waals surface area contributed by atoms with Crippen molar-refractivity contribution in [3.05, 3.63) is 41.0 Å². The summed E-state index contributed by atoms with van der Waals surface area (Å²) in [5.41, 5.74) is 2.37. The standard InChI is InChI=1S/C13H14N6OS/c1-18-8-12(15-17-18)13(20)14-4-6-19-5-2-11(16-19)10-3-7-21-9-10/h2-3,5,7-9H,4,6H2,1H3,(H,14,20). The van der Waals surface area contributed by atoms with Crippen LogP contribution in [-0.4, -0.2) is 37.2 Å². The van der Waals surface area contributed by atoms with E-state index in [9.17, 15) is 4.79 Å². The van der Waals surface area contributed by atoms with Gasteiger partial charge in [0, 0.05) is 30.7 Å². The lowest BCUT2D eigenvalue weighted by molar-refractivity contribution is 0.0947. The van der Waals surface area contributed by atoms with E-state index in [2.05, 4.69) is 26.1 Å². The molecular weight excluding hydrogens is 288 g/mol. The van der Waals surface area contributed by atoms with Crippen molar-refractivity contribution >= 4 is 17.2 Å². The topological polar surface area (TPSA) is 77.6 Å². The van der Waals surface area contributed by atoms with Gasteiger partial charge >= 0.3 is 0 Å². The molecule has 0 aromatic carbocycles. The molecule has 0 radical (unpaired) electrons. The van der Waals surface area contributed by atoms with Crippen LogP contribution in [0, 0.1) is 0 Å². The third kappa shape index (κ3) is 3.16. The lowest BCUT2D eigenvalue weighted by Crippen LogP contribution is -2.27. The Hall–Kier alpha value is -2.48. The van der Waals surface area contributed by atoms with Gasteiger partial charge in [0.15, 0.2) is 5.69 Å². The molecule has 3 aromatic rings. The highest BCUT2D eigenvalue weighted by Gasteiger charge is 2.09. The summed E-state index contributed by atoms with van der Waals surface area (Å²) >= 11 is 1.64. The SMILES string of the molecule is Cn1cc(C(=O)NCCn2ccc(-c3ccsc3)n2)nn1. The van der Waals surface area contributed by atoms with Gasteiger partial charge in [-0.3, -0.25) is 14.2 Å². The van der Waals surface area contributed by atoms with E-state index in [1.165, 1.54) is 4.68 Å². The zero-order valence-corrected chi connectivity index (χ0v) is 12.2. The molecule has 0 saturated heterocycles. The van der Waals surface area contributed by atoms with E-state index in [1.807, 2.05) is 28.4 Å². The third-order valence-corrected chi connectivity index (χ3v) is 3.60. The van der Waals surface area contributed by atoms with E-state index in [1.54, 1.807) is 24.6 Å². The van der Waals surface area contributed by atoms with Gasteiger partial charge in [0.25, 0.3) is 5.91 Å². The van der Waals surface area contributed by atoms with E-state index in [4.69, 9.17) is 0 Å². The molecule has 0 unspecified atom stereocenters. The second kappa shape index (κ2) is 5.88. The Labute approximate surface area is 125 Å². The molecule has 0 saturated carbocycles. The van der Waals surface area contributed by atoms with Crippen LogP contribution in [0.3, 0.4) is 0 Å². The molecule has 0 aliphatic heterocycles. The molecule has 0 bridgehead atoms. The summed E-state index contributed by atoms with van der Waals surface area (Å²) in [7, 11) is 1.72. The van der Waals surface area contributed by atoms with E-state index < -0.39 is 0 Å². The molecular formula is C13H14N6OS.